The molecule has 2 aromatic heterocycles. The number of aliphatic hydroxyl groups is 1. The average Bonchev–Trinajstić information content (AvgIpc) is 3.03. The summed E-state index contributed by atoms with van der Waals surface area (Å²) >= 11 is 7.46. The van der Waals surface area contributed by atoms with Crippen LogP contribution in [0.5, 0.6) is 0 Å². The summed E-state index contributed by atoms with van der Waals surface area (Å²) in [6.45, 7) is 4.52. The van der Waals surface area contributed by atoms with Crippen LogP contribution in [-0.2, 0) is 6.54 Å². The Hall–Kier alpha value is -2.00. The number of anilines is 1. The van der Waals surface area contributed by atoms with Gasteiger partial charge in [0, 0.05) is 11.6 Å². The molecular weight excluding hydrogens is 374 g/mol. The summed E-state index contributed by atoms with van der Waals surface area (Å²) in [4.78, 5) is 21.1. The molecule has 0 fully saturated rings. The molecule has 1 aromatic carbocycles. The van der Waals surface area contributed by atoms with Gasteiger partial charge >= 0.3 is 0 Å². The quantitative estimate of drug-likeness (QED) is 0.593. The maximum atomic E-state index is 12.4. The van der Waals surface area contributed by atoms with Gasteiger partial charge in [0.15, 0.2) is 10.8 Å². The lowest BCUT2D eigenvalue weighted by Crippen LogP contribution is -2.24. The van der Waals surface area contributed by atoms with Gasteiger partial charge in [0.05, 0.1) is 19.2 Å². The number of hydrogen-bond donors (Lipinski definition) is 3. The number of hydrogen-bond acceptors (Lipinski definition) is 7. The topological polar surface area (TPSA) is 106 Å². The fourth-order valence-corrected chi connectivity index (χ4v) is 3.77. The molecule has 0 radical (unpaired) electrons. The minimum atomic E-state index is -0.429. The number of nitrogens with two attached hydrogens (primary N) is 1. The van der Waals surface area contributed by atoms with Gasteiger partial charge in [-0.1, -0.05) is 35.1 Å². The fraction of sp³-hybridized carbons (Fsp3) is 0.353. The summed E-state index contributed by atoms with van der Waals surface area (Å²) in [5, 5.41) is 13.2. The SMILES string of the molecule is Cc1c(Cl)cccc1Cn1c(C(C)N)nc(=O)c2sc(NCCO)nc21. The third-order valence-corrected chi connectivity index (χ3v) is 5.46. The van der Waals surface area contributed by atoms with Crippen LogP contribution in [0.2, 0.25) is 5.02 Å². The van der Waals surface area contributed by atoms with Crippen molar-refractivity contribution >= 4 is 38.4 Å². The highest BCUT2D eigenvalue weighted by Gasteiger charge is 2.19. The predicted molar refractivity (Wildman–Crippen MR) is 105 cm³/mol. The van der Waals surface area contributed by atoms with Gasteiger partial charge < -0.3 is 20.7 Å². The highest BCUT2D eigenvalue weighted by molar-refractivity contribution is 7.22. The second-order valence-corrected chi connectivity index (χ2v) is 7.40. The third-order valence-electron chi connectivity index (χ3n) is 4.06. The van der Waals surface area contributed by atoms with Gasteiger partial charge in [-0.05, 0) is 31.0 Å². The second kappa shape index (κ2) is 7.71. The van der Waals surface area contributed by atoms with Crippen molar-refractivity contribution in [3.8, 4) is 0 Å². The molecular formula is C17H20ClN5O2S. The first-order valence-corrected chi connectivity index (χ1v) is 9.37. The molecule has 0 spiro atoms. The van der Waals surface area contributed by atoms with Crippen molar-refractivity contribution in [1.29, 1.82) is 0 Å². The van der Waals surface area contributed by atoms with E-state index in [4.69, 9.17) is 22.4 Å². The molecule has 138 valence electrons. The third kappa shape index (κ3) is 3.59. The number of aliphatic hydroxyl groups excluding tert-OH is 1. The standard InChI is InChI=1S/C17H20ClN5O2S/c1-9-11(4-3-5-12(9)18)8-23-14(10(2)19)21-16(25)13-15(23)22-17(26-13)20-6-7-24/h3-5,10,24H,6-8,19H2,1-2H3,(H,20,22). The van der Waals surface area contributed by atoms with Crippen molar-refractivity contribution in [2.45, 2.75) is 26.4 Å². The molecule has 0 saturated carbocycles. The van der Waals surface area contributed by atoms with Crippen LogP contribution in [0, 0.1) is 6.92 Å². The summed E-state index contributed by atoms with van der Waals surface area (Å²) < 4.78 is 2.32. The maximum absolute atomic E-state index is 12.4. The minimum Gasteiger partial charge on any atom is -0.395 e. The van der Waals surface area contributed by atoms with Crippen LogP contribution < -0.4 is 16.6 Å². The van der Waals surface area contributed by atoms with Crippen molar-refractivity contribution < 1.29 is 5.11 Å². The van der Waals surface area contributed by atoms with E-state index in [9.17, 15) is 4.79 Å². The normalized spacial score (nSPS) is 12.5. The Bertz CT molecular complexity index is 999. The number of fused-ring (bicyclic) bond motifs is 1. The molecule has 0 aliphatic heterocycles. The van der Waals surface area contributed by atoms with E-state index in [1.165, 1.54) is 11.3 Å². The van der Waals surface area contributed by atoms with Crippen molar-refractivity contribution in [3.63, 3.8) is 0 Å². The Balaban J connectivity index is 2.18. The van der Waals surface area contributed by atoms with Gasteiger partial charge in [0.25, 0.3) is 5.56 Å². The van der Waals surface area contributed by atoms with Crippen LogP contribution in [0.4, 0.5) is 5.13 Å². The number of aromatic nitrogens is 3. The first-order chi connectivity index (χ1) is 12.4. The molecule has 0 aliphatic carbocycles. The highest BCUT2D eigenvalue weighted by Crippen LogP contribution is 2.27. The zero-order chi connectivity index (χ0) is 18.8. The molecule has 0 bridgehead atoms. The van der Waals surface area contributed by atoms with Crippen LogP contribution in [0.1, 0.15) is 29.9 Å². The lowest BCUT2D eigenvalue weighted by atomic mass is 10.1. The Morgan fingerprint density at radius 2 is 2.19 bits per heavy atom. The van der Waals surface area contributed by atoms with Crippen LogP contribution >= 0.6 is 22.9 Å². The smallest absolute Gasteiger partial charge is 0.292 e. The average molecular weight is 394 g/mol. The molecule has 0 amide bonds. The molecule has 3 rings (SSSR count). The van der Waals surface area contributed by atoms with Gasteiger partial charge in [-0.15, -0.1) is 0 Å². The van der Waals surface area contributed by atoms with E-state index in [1.54, 1.807) is 6.92 Å². The zero-order valence-electron chi connectivity index (χ0n) is 14.5. The van der Waals surface area contributed by atoms with Crippen molar-refractivity contribution in [3.05, 3.63) is 50.5 Å². The van der Waals surface area contributed by atoms with Gasteiger partial charge in [-0.25, -0.2) is 4.98 Å². The lowest BCUT2D eigenvalue weighted by Gasteiger charge is -2.17. The minimum absolute atomic E-state index is 0.0226. The van der Waals surface area contributed by atoms with Crippen LogP contribution in [-0.4, -0.2) is 32.8 Å². The summed E-state index contributed by atoms with van der Waals surface area (Å²) in [5.41, 5.74) is 8.21. The summed E-state index contributed by atoms with van der Waals surface area (Å²) in [6, 6.07) is 5.28. The number of rotatable bonds is 6. The predicted octanol–water partition coefficient (Wildman–Crippen LogP) is 2.29. The van der Waals surface area contributed by atoms with E-state index in [2.05, 4.69) is 15.3 Å². The summed E-state index contributed by atoms with van der Waals surface area (Å²) in [5.74, 6) is 0.473. The number of halogens is 1. The van der Waals surface area contributed by atoms with Crippen molar-refractivity contribution in [2.24, 2.45) is 5.73 Å². The number of benzene rings is 1. The fourth-order valence-electron chi connectivity index (χ4n) is 2.69. The monoisotopic (exact) mass is 393 g/mol. The van der Waals surface area contributed by atoms with Gasteiger partial charge in [-0.3, -0.25) is 4.79 Å². The maximum Gasteiger partial charge on any atom is 0.292 e. The van der Waals surface area contributed by atoms with Crippen molar-refractivity contribution in [2.75, 3.05) is 18.5 Å². The first kappa shape index (κ1) is 18.8. The van der Waals surface area contributed by atoms with Gasteiger partial charge in [-0.2, -0.15) is 4.98 Å². The molecule has 7 nitrogen and oxygen atoms in total. The van der Waals surface area contributed by atoms with Crippen LogP contribution in [0.15, 0.2) is 23.0 Å². The largest absolute Gasteiger partial charge is 0.395 e. The molecule has 2 heterocycles. The molecule has 9 heteroatoms. The van der Waals surface area contributed by atoms with Gasteiger partial charge in [0.2, 0.25) is 0 Å². The Labute approximate surface area is 159 Å². The van der Waals surface area contributed by atoms with E-state index in [0.29, 0.717) is 39.4 Å². The lowest BCUT2D eigenvalue weighted by molar-refractivity contribution is 0.311. The number of thiazole rings is 1. The second-order valence-electron chi connectivity index (χ2n) is 6.00. The van der Waals surface area contributed by atoms with E-state index in [0.717, 1.165) is 11.1 Å². The van der Waals surface area contributed by atoms with Gasteiger partial charge in [0.1, 0.15) is 10.5 Å². The molecule has 1 unspecified atom stereocenters. The van der Waals surface area contributed by atoms with E-state index in [-0.39, 0.29) is 12.2 Å². The highest BCUT2D eigenvalue weighted by atomic mass is 35.5. The van der Waals surface area contributed by atoms with E-state index < -0.39 is 6.04 Å². The Morgan fingerprint density at radius 3 is 2.88 bits per heavy atom. The number of nitrogens with zero attached hydrogens (tertiary/aromatic N) is 3. The molecule has 26 heavy (non-hydrogen) atoms. The zero-order valence-corrected chi connectivity index (χ0v) is 16.1. The van der Waals surface area contributed by atoms with Crippen LogP contribution in [0.3, 0.4) is 0 Å². The summed E-state index contributed by atoms with van der Waals surface area (Å²) in [6.07, 6.45) is 0. The number of nitrogens with one attached hydrogen (secondary N) is 1. The van der Waals surface area contributed by atoms with Crippen molar-refractivity contribution in [1.82, 2.24) is 14.5 Å². The molecule has 1 atom stereocenters. The molecule has 4 N–H and O–H groups in total. The molecule has 0 aliphatic rings. The Morgan fingerprint density at radius 1 is 1.42 bits per heavy atom. The van der Waals surface area contributed by atoms with Crippen LogP contribution in [0.25, 0.3) is 10.3 Å². The molecule has 3 aromatic rings. The van der Waals surface area contributed by atoms with E-state index in [1.807, 2.05) is 29.7 Å². The van der Waals surface area contributed by atoms with E-state index >= 15 is 0 Å². The first-order valence-electron chi connectivity index (χ1n) is 8.18. The molecule has 0 saturated heterocycles. The summed E-state index contributed by atoms with van der Waals surface area (Å²) in [7, 11) is 0. The Kier molecular flexibility index (Phi) is 5.57.